The second-order valence-electron chi connectivity index (χ2n) is 7.79. The molecule has 2 rings (SSSR count). The van der Waals surface area contributed by atoms with Gasteiger partial charge in [-0.1, -0.05) is 86.5 Å². The molecule has 0 aromatic heterocycles. The van der Waals surface area contributed by atoms with Crippen molar-refractivity contribution in [1.29, 1.82) is 0 Å². The lowest BCUT2D eigenvalue weighted by molar-refractivity contribution is 0.0650. The van der Waals surface area contributed by atoms with E-state index in [0.717, 1.165) is 37.4 Å². The molecule has 1 N–H and O–H groups in total. The van der Waals surface area contributed by atoms with Gasteiger partial charge in [-0.2, -0.15) is 0 Å². The summed E-state index contributed by atoms with van der Waals surface area (Å²) in [5.74, 6) is 2.35. The molecule has 0 amide bonds. The molecule has 0 aromatic carbocycles. The van der Waals surface area contributed by atoms with Crippen LogP contribution in [0, 0.1) is 5.92 Å². The Balaban J connectivity index is 0.000000688. The Morgan fingerprint density at radius 3 is 2.04 bits per heavy atom. The van der Waals surface area contributed by atoms with Crippen molar-refractivity contribution in [3.05, 3.63) is 10.7 Å². The molecule has 0 aromatic rings. The van der Waals surface area contributed by atoms with Crippen LogP contribution in [-0.4, -0.2) is 48.1 Å². The highest BCUT2D eigenvalue weighted by Gasteiger charge is 2.37. The molecule has 0 bridgehead atoms. The predicted molar refractivity (Wildman–Crippen MR) is 127 cm³/mol. The molecule has 1 fully saturated rings. The van der Waals surface area contributed by atoms with Gasteiger partial charge in [-0.05, 0) is 19.9 Å². The van der Waals surface area contributed by atoms with E-state index >= 15 is 0 Å². The summed E-state index contributed by atoms with van der Waals surface area (Å²) in [5, 5.41) is 10.2. The SMILES string of the molecule is CC.CCCCC1CSC(CC)=C(C2CN(C)CC2O)O1.CCCCCCC. The number of aliphatic hydroxyl groups is 1. The maximum atomic E-state index is 10.2. The monoisotopic (exact) mass is 415 g/mol. The first-order valence-corrected chi connectivity index (χ1v) is 12.9. The third kappa shape index (κ3) is 10.5. The van der Waals surface area contributed by atoms with Crippen molar-refractivity contribution in [3.8, 4) is 0 Å². The molecule has 3 nitrogen and oxygen atoms in total. The molecule has 0 radical (unpaired) electrons. The van der Waals surface area contributed by atoms with Crippen LogP contribution in [-0.2, 0) is 4.74 Å². The molecule has 0 aliphatic carbocycles. The van der Waals surface area contributed by atoms with Crippen molar-refractivity contribution in [2.24, 2.45) is 5.92 Å². The van der Waals surface area contributed by atoms with E-state index in [9.17, 15) is 5.11 Å². The Bertz CT molecular complexity index is 396. The Morgan fingerprint density at radius 1 is 0.964 bits per heavy atom. The summed E-state index contributed by atoms with van der Waals surface area (Å²) in [4.78, 5) is 3.55. The number of likely N-dealkylation sites (tertiary alicyclic amines) is 1. The molecule has 1 saturated heterocycles. The number of ether oxygens (including phenoxy) is 1. The van der Waals surface area contributed by atoms with Gasteiger partial charge in [-0.3, -0.25) is 0 Å². The van der Waals surface area contributed by atoms with Gasteiger partial charge in [0.2, 0.25) is 0 Å². The van der Waals surface area contributed by atoms with Crippen molar-refractivity contribution in [2.45, 2.75) is 112 Å². The minimum Gasteiger partial charge on any atom is -0.493 e. The summed E-state index contributed by atoms with van der Waals surface area (Å²) in [6, 6.07) is 0. The maximum absolute atomic E-state index is 10.2. The lowest BCUT2D eigenvalue weighted by atomic mass is 10.0. The van der Waals surface area contributed by atoms with Crippen molar-refractivity contribution in [3.63, 3.8) is 0 Å². The number of unbranched alkanes of at least 4 members (excludes halogenated alkanes) is 5. The maximum Gasteiger partial charge on any atom is 0.113 e. The molecule has 2 aliphatic rings. The van der Waals surface area contributed by atoms with Gasteiger partial charge in [-0.15, -0.1) is 11.8 Å². The summed E-state index contributed by atoms with van der Waals surface area (Å²) in [6.45, 7) is 14.6. The fourth-order valence-electron chi connectivity index (χ4n) is 3.60. The van der Waals surface area contributed by atoms with E-state index in [1.807, 2.05) is 25.6 Å². The van der Waals surface area contributed by atoms with E-state index in [-0.39, 0.29) is 12.0 Å². The summed E-state index contributed by atoms with van der Waals surface area (Å²) in [6.07, 6.45) is 11.7. The first-order valence-electron chi connectivity index (χ1n) is 12.0. The summed E-state index contributed by atoms with van der Waals surface area (Å²) >= 11 is 1.94. The number of nitrogens with zero attached hydrogens (tertiary/aromatic N) is 1. The van der Waals surface area contributed by atoms with Crippen LogP contribution in [0.3, 0.4) is 0 Å². The topological polar surface area (TPSA) is 32.7 Å². The van der Waals surface area contributed by atoms with Gasteiger partial charge in [0.15, 0.2) is 0 Å². The van der Waals surface area contributed by atoms with Crippen molar-refractivity contribution >= 4 is 11.8 Å². The number of rotatable bonds is 9. The zero-order valence-electron chi connectivity index (χ0n) is 19.9. The highest BCUT2D eigenvalue weighted by Crippen LogP contribution is 2.39. The molecule has 168 valence electrons. The van der Waals surface area contributed by atoms with E-state index in [2.05, 4.69) is 39.6 Å². The van der Waals surface area contributed by atoms with Crippen molar-refractivity contribution in [2.75, 3.05) is 25.9 Å². The smallest absolute Gasteiger partial charge is 0.113 e. The minimum absolute atomic E-state index is 0.178. The normalized spacial score (nSPS) is 24.8. The average molecular weight is 416 g/mol. The molecule has 2 aliphatic heterocycles. The van der Waals surface area contributed by atoms with Gasteiger partial charge in [0.25, 0.3) is 0 Å². The van der Waals surface area contributed by atoms with Crippen LogP contribution in [0.2, 0.25) is 0 Å². The average Bonchev–Trinajstić information content (AvgIpc) is 3.06. The molecule has 0 spiro atoms. The van der Waals surface area contributed by atoms with Gasteiger partial charge in [0.1, 0.15) is 11.9 Å². The number of β-amino-alcohol motifs (C(OH)–C–C–N with tert-alkyl or cyclic N) is 1. The van der Waals surface area contributed by atoms with Crippen LogP contribution >= 0.6 is 11.8 Å². The standard InChI is InChI=1S/C15H27NO2S.C7H16.C2H6/c1-4-6-7-11-10-19-14(5-2)15(18-11)12-8-16(3)9-13(12)17;1-3-5-7-6-4-2;1-2/h11-13,17H,4-10H2,1-3H3;3-7H2,1-2H3;1-2H3. The highest BCUT2D eigenvalue weighted by molar-refractivity contribution is 8.03. The summed E-state index contributed by atoms with van der Waals surface area (Å²) in [7, 11) is 2.07. The number of hydrogen-bond acceptors (Lipinski definition) is 4. The predicted octanol–water partition coefficient (Wildman–Crippen LogP) is 6.86. The molecule has 3 atom stereocenters. The summed E-state index contributed by atoms with van der Waals surface area (Å²) < 4.78 is 6.27. The lowest BCUT2D eigenvalue weighted by Gasteiger charge is -2.31. The van der Waals surface area contributed by atoms with Crippen molar-refractivity contribution in [1.82, 2.24) is 4.90 Å². The Hall–Kier alpha value is -0.190. The Kier molecular flexibility index (Phi) is 17.5. The number of hydrogen-bond donors (Lipinski definition) is 1. The molecule has 3 unspecified atom stereocenters. The van der Waals surface area contributed by atoms with Gasteiger partial charge >= 0.3 is 0 Å². The fraction of sp³-hybridized carbons (Fsp3) is 0.917. The van der Waals surface area contributed by atoms with Crippen LogP contribution in [0.4, 0.5) is 0 Å². The zero-order chi connectivity index (χ0) is 21.4. The number of allylic oxidation sites excluding steroid dienone is 1. The zero-order valence-corrected chi connectivity index (χ0v) is 20.7. The van der Waals surface area contributed by atoms with E-state index in [0.29, 0.717) is 6.10 Å². The first kappa shape index (κ1) is 27.8. The molecular formula is C24H49NO2S. The quantitative estimate of drug-likeness (QED) is 0.417. The molecular weight excluding hydrogens is 366 g/mol. The van der Waals surface area contributed by atoms with Crippen LogP contribution in [0.1, 0.15) is 99.3 Å². The molecule has 4 heteroatoms. The van der Waals surface area contributed by atoms with E-state index < -0.39 is 0 Å². The van der Waals surface area contributed by atoms with Crippen molar-refractivity contribution < 1.29 is 9.84 Å². The third-order valence-electron chi connectivity index (χ3n) is 5.23. The Labute approximate surface area is 180 Å². The van der Waals surface area contributed by atoms with Gasteiger partial charge < -0.3 is 14.7 Å². The lowest BCUT2D eigenvalue weighted by Crippen LogP contribution is -2.29. The minimum atomic E-state index is -0.271. The molecule has 28 heavy (non-hydrogen) atoms. The van der Waals surface area contributed by atoms with E-state index in [4.69, 9.17) is 4.74 Å². The highest BCUT2D eigenvalue weighted by atomic mass is 32.2. The number of thioether (sulfide) groups is 1. The van der Waals surface area contributed by atoms with Crippen LogP contribution < -0.4 is 0 Å². The third-order valence-corrected chi connectivity index (χ3v) is 6.60. The number of aliphatic hydroxyl groups excluding tert-OH is 1. The van der Waals surface area contributed by atoms with Crippen LogP contribution in [0.5, 0.6) is 0 Å². The van der Waals surface area contributed by atoms with Crippen LogP contribution in [0.25, 0.3) is 0 Å². The largest absolute Gasteiger partial charge is 0.493 e. The second kappa shape index (κ2) is 17.7. The Morgan fingerprint density at radius 2 is 1.57 bits per heavy atom. The van der Waals surface area contributed by atoms with E-state index in [1.54, 1.807) is 0 Å². The van der Waals surface area contributed by atoms with Gasteiger partial charge in [0, 0.05) is 23.7 Å². The molecule has 2 heterocycles. The summed E-state index contributed by atoms with van der Waals surface area (Å²) in [5.41, 5.74) is 0. The number of likely N-dealkylation sites (N-methyl/N-ethyl adjacent to an activating group) is 1. The van der Waals surface area contributed by atoms with Gasteiger partial charge in [0.05, 0.1) is 12.0 Å². The van der Waals surface area contributed by atoms with E-state index in [1.165, 1.54) is 49.9 Å². The second-order valence-corrected chi connectivity index (χ2v) is 8.90. The van der Waals surface area contributed by atoms with Gasteiger partial charge in [-0.25, -0.2) is 0 Å². The first-order chi connectivity index (χ1) is 13.6. The molecule has 0 saturated carbocycles. The van der Waals surface area contributed by atoms with Crippen LogP contribution in [0.15, 0.2) is 10.7 Å². The fourth-order valence-corrected chi connectivity index (χ4v) is 4.77.